The molecule has 0 aromatic carbocycles. The number of imidazole rings is 1. The Morgan fingerprint density at radius 1 is 1.32 bits per heavy atom. The van der Waals surface area contributed by atoms with Gasteiger partial charge < -0.3 is 14.0 Å². The molecule has 2 aromatic rings. The van der Waals surface area contributed by atoms with Crippen LogP contribution < -0.4 is 4.74 Å². The van der Waals surface area contributed by atoms with Gasteiger partial charge in [-0.05, 0) is 13.8 Å². The van der Waals surface area contributed by atoms with E-state index in [9.17, 15) is 0 Å². The Kier molecular flexibility index (Phi) is 4.21. The number of rotatable bonds is 5. The summed E-state index contributed by atoms with van der Waals surface area (Å²) < 4.78 is 12.4. The van der Waals surface area contributed by atoms with E-state index in [1.165, 1.54) is 6.33 Å². The van der Waals surface area contributed by atoms with Gasteiger partial charge in [-0.25, -0.2) is 9.97 Å². The van der Waals surface area contributed by atoms with Gasteiger partial charge in [-0.2, -0.15) is 4.98 Å². The lowest BCUT2D eigenvalue weighted by molar-refractivity contribution is 0.162. The first kappa shape index (κ1) is 14.0. The molecule has 0 fully saturated rings. The molecule has 2 atom stereocenters. The summed E-state index contributed by atoms with van der Waals surface area (Å²) >= 11 is 6.21. The molecule has 0 saturated carbocycles. The molecule has 2 unspecified atom stereocenters. The molecule has 0 aliphatic carbocycles. The Morgan fingerprint density at radius 2 is 2.05 bits per heavy atom. The first-order valence-corrected chi connectivity index (χ1v) is 6.43. The van der Waals surface area contributed by atoms with E-state index in [2.05, 4.69) is 15.0 Å². The number of ether oxygens (including phenoxy) is 2. The van der Waals surface area contributed by atoms with Crippen LogP contribution in [0.5, 0.6) is 5.88 Å². The van der Waals surface area contributed by atoms with E-state index in [0.717, 1.165) is 5.82 Å². The number of nitrogens with zero attached hydrogens (tertiary/aromatic N) is 4. The van der Waals surface area contributed by atoms with Crippen molar-refractivity contribution in [1.82, 2.24) is 19.5 Å². The summed E-state index contributed by atoms with van der Waals surface area (Å²) in [4.78, 5) is 12.9. The minimum Gasteiger partial charge on any atom is -0.479 e. The molecule has 0 bridgehead atoms. The van der Waals surface area contributed by atoms with Crippen LogP contribution in [0, 0.1) is 0 Å². The molecule has 7 heteroatoms. The number of alkyl halides is 1. The highest BCUT2D eigenvalue weighted by Crippen LogP contribution is 2.30. The molecule has 2 aromatic heterocycles. The van der Waals surface area contributed by atoms with Gasteiger partial charge in [-0.15, -0.1) is 11.6 Å². The van der Waals surface area contributed by atoms with Crippen molar-refractivity contribution in [3.05, 3.63) is 12.2 Å². The molecule has 0 spiro atoms. The van der Waals surface area contributed by atoms with Gasteiger partial charge in [-0.3, -0.25) is 0 Å². The van der Waals surface area contributed by atoms with Crippen molar-refractivity contribution < 1.29 is 9.47 Å². The number of fused-ring (bicyclic) bond motifs is 1. The predicted octanol–water partition coefficient (Wildman–Crippen LogP) is 2.34. The third-order valence-electron chi connectivity index (χ3n) is 2.87. The van der Waals surface area contributed by atoms with Crippen LogP contribution in [-0.4, -0.2) is 40.3 Å². The van der Waals surface area contributed by atoms with Crippen LogP contribution in [0.25, 0.3) is 11.2 Å². The summed E-state index contributed by atoms with van der Waals surface area (Å²) in [5, 5.41) is -0.238. The SMILES string of the molecule is COCC(C)n1c(C(C)Cl)nc2c(OC)ncnc21. The van der Waals surface area contributed by atoms with Gasteiger partial charge in [0.2, 0.25) is 5.88 Å². The number of hydrogen-bond acceptors (Lipinski definition) is 5. The number of methoxy groups -OCH3 is 2. The van der Waals surface area contributed by atoms with Crippen molar-refractivity contribution in [3.63, 3.8) is 0 Å². The Balaban J connectivity index is 2.67. The van der Waals surface area contributed by atoms with Crippen LogP contribution in [-0.2, 0) is 4.74 Å². The lowest BCUT2D eigenvalue weighted by Gasteiger charge is -2.16. The maximum absolute atomic E-state index is 6.21. The molecule has 2 heterocycles. The number of halogens is 1. The monoisotopic (exact) mass is 284 g/mol. The van der Waals surface area contributed by atoms with Crippen molar-refractivity contribution in [2.75, 3.05) is 20.8 Å². The van der Waals surface area contributed by atoms with Gasteiger partial charge in [0.05, 0.1) is 25.1 Å². The van der Waals surface area contributed by atoms with Gasteiger partial charge in [-0.1, -0.05) is 0 Å². The average Bonchev–Trinajstić information content (AvgIpc) is 2.78. The highest BCUT2D eigenvalue weighted by molar-refractivity contribution is 6.20. The summed E-state index contributed by atoms with van der Waals surface area (Å²) in [5.74, 6) is 1.19. The maximum Gasteiger partial charge on any atom is 0.245 e. The van der Waals surface area contributed by atoms with Crippen molar-refractivity contribution in [2.45, 2.75) is 25.3 Å². The second-order valence-corrected chi connectivity index (χ2v) is 4.97. The largest absolute Gasteiger partial charge is 0.479 e. The van der Waals surface area contributed by atoms with Crippen LogP contribution in [0.1, 0.15) is 31.1 Å². The minimum absolute atomic E-state index is 0.0748. The van der Waals surface area contributed by atoms with Crippen molar-refractivity contribution in [3.8, 4) is 5.88 Å². The van der Waals surface area contributed by atoms with E-state index < -0.39 is 0 Å². The predicted molar refractivity (Wildman–Crippen MR) is 72.7 cm³/mol. The molecule has 19 heavy (non-hydrogen) atoms. The fourth-order valence-electron chi connectivity index (χ4n) is 2.09. The Bertz CT molecular complexity index is 570. The van der Waals surface area contributed by atoms with Crippen molar-refractivity contribution in [2.24, 2.45) is 0 Å². The Hall–Kier alpha value is -1.40. The Labute approximate surface area is 116 Å². The first-order chi connectivity index (χ1) is 9.10. The highest BCUT2D eigenvalue weighted by atomic mass is 35.5. The molecule has 0 N–H and O–H groups in total. The average molecular weight is 285 g/mol. The van der Waals surface area contributed by atoms with Crippen LogP contribution in [0.15, 0.2) is 6.33 Å². The van der Waals surface area contributed by atoms with E-state index in [4.69, 9.17) is 21.1 Å². The van der Waals surface area contributed by atoms with Crippen LogP contribution in [0.3, 0.4) is 0 Å². The van der Waals surface area contributed by atoms with Gasteiger partial charge in [0.15, 0.2) is 11.2 Å². The fourth-order valence-corrected chi connectivity index (χ4v) is 2.24. The molecular weight excluding hydrogens is 268 g/mol. The highest BCUT2D eigenvalue weighted by Gasteiger charge is 2.22. The van der Waals surface area contributed by atoms with Crippen LogP contribution in [0.4, 0.5) is 0 Å². The first-order valence-electron chi connectivity index (χ1n) is 6.00. The lowest BCUT2D eigenvalue weighted by atomic mass is 10.3. The summed E-state index contributed by atoms with van der Waals surface area (Å²) in [6.45, 7) is 4.45. The topological polar surface area (TPSA) is 62.1 Å². The molecule has 0 aliphatic heterocycles. The maximum atomic E-state index is 6.21. The smallest absolute Gasteiger partial charge is 0.245 e. The number of aromatic nitrogens is 4. The van der Waals surface area contributed by atoms with E-state index in [0.29, 0.717) is 23.7 Å². The molecule has 6 nitrogen and oxygen atoms in total. The zero-order valence-electron chi connectivity index (χ0n) is 11.4. The van der Waals surface area contributed by atoms with E-state index in [1.54, 1.807) is 14.2 Å². The summed E-state index contributed by atoms with van der Waals surface area (Å²) in [7, 11) is 3.22. The quantitative estimate of drug-likeness (QED) is 0.789. The molecular formula is C12H17ClN4O2. The lowest BCUT2D eigenvalue weighted by Crippen LogP contribution is -2.15. The van der Waals surface area contributed by atoms with E-state index in [-0.39, 0.29) is 11.4 Å². The molecule has 0 saturated heterocycles. The van der Waals surface area contributed by atoms with Gasteiger partial charge in [0.1, 0.15) is 12.2 Å². The Morgan fingerprint density at radius 3 is 2.63 bits per heavy atom. The minimum atomic E-state index is -0.238. The molecule has 0 radical (unpaired) electrons. The van der Waals surface area contributed by atoms with Gasteiger partial charge >= 0.3 is 0 Å². The van der Waals surface area contributed by atoms with Gasteiger partial charge in [0.25, 0.3) is 0 Å². The fraction of sp³-hybridized carbons (Fsp3) is 0.583. The number of hydrogen-bond donors (Lipinski definition) is 0. The van der Waals surface area contributed by atoms with Gasteiger partial charge in [0, 0.05) is 7.11 Å². The normalized spacial score (nSPS) is 14.6. The zero-order chi connectivity index (χ0) is 14.0. The second-order valence-electron chi connectivity index (χ2n) is 4.32. The van der Waals surface area contributed by atoms with E-state index >= 15 is 0 Å². The standard InChI is InChI=1S/C12H17ClN4O2/c1-7(5-18-3)17-10(8(2)13)16-9-11(17)14-6-15-12(9)19-4/h6-8H,5H2,1-4H3. The zero-order valence-corrected chi connectivity index (χ0v) is 12.2. The summed E-state index contributed by atoms with van der Waals surface area (Å²) in [6, 6.07) is 0.0748. The molecule has 104 valence electrons. The second kappa shape index (κ2) is 5.71. The van der Waals surface area contributed by atoms with Crippen LogP contribution >= 0.6 is 11.6 Å². The van der Waals surface area contributed by atoms with Crippen LogP contribution in [0.2, 0.25) is 0 Å². The van der Waals surface area contributed by atoms with Crippen molar-refractivity contribution in [1.29, 1.82) is 0 Å². The summed E-state index contributed by atoms with van der Waals surface area (Å²) in [5.41, 5.74) is 1.33. The molecule has 2 rings (SSSR count). The van der Waals surface area contributed by atoms with Crippen molar-refractivity contribution >= 4 is 22.8 Å². The van der Waals surface area contributed by atoms with E-state index in [1.807, 2.05) is 18.4 Å². The third kappa shape index (κ3) is 2.50. The molecule has 0 aliphatic rings. The summed E-state index contributed by atoms with van der Waals surface area (Å²) in [6.07, 6.45) is 1.46. The third-order valence-corrected chi connectivity index (χ3v) is 3.06. The molecule has 0 amide bonds.